The van der Waals surface area contributed by atoms with Crippen LogP contribution in [0.25, 0.3) is 0 Å². The van der Waals surface area contributed by atoms with Crippen molar-refractivity contribution < 1.29 is 8.42 Å². The van der Waals surface area contributed by atoms with Gasteiger partial charge in [0, 0.05) is 6.04 Å². The van der Waals surface area contributed by atoms with Crippen molar-refractivity contribution >= 4 is 9.84 Å². The van der Waals surface area contributed by atoms with Crippen LogP contribution in [0.1, 0.15) is 43.5 Å². The Bertz CT molecular complexity index is 535. The summed E-state index contributed by atoms with van der Waals surface area (Å²) in [7, 11) is -3.16. The minimum Gasteiger partial charge on any atom is -0.323 e. The molecule has 0 aliphatic heterocycles. The smallest absolute Gasteiger partial charge is 0.155 e. The van der Waals surface area contributed by atoms with Crippen molar-refractivity contribution in [2.75, 3.05) is 5.75 Å². The van der Waals surface area contributed by atoms with Crippen molar-refractivity contribution in [1.82, 2.24) is 0 Å². The van der Waals surface area contributed by atoms with E-state index in [0.29, 0.717) is 0 Å². The maximum Gasteiger partial charge on any atom is 0.155 e. The molecule has 0 aromatic heterocycles. The zero-order valence-corrected chi connectivity index (χ0v) is 13.3. The molecule has 1 aromatic carbocycles. The Morgan fingerprint density at radius 3 is 2.26 bits per heavy atom. The van der Waals surface area contributed by atoms with Crippen LogP contribution in [0.2, 0.25) is 0 Å². The molecule has 2 atom stereocenters. The minimum atomic E-state index is -3.16. The first kappa shape index (κ1) is 16.2. The zero-order valence-electron chi connectivity index (χ0n) is 12.5. The number of sulfone groups is 1. The summed E-state index contributed by atoms with van der Waals surface area (Å²) in [5.41, 5.74) is 9.19. The molecule has 108 valence electrons. The molecule has 4 heteroatoms. The number of rotatable bonds is 5. The highest BCUT2D eigenvalue weighted by molar-refractivity contribution is 7.92. The Morgan fingerprint density at radius 1 is 1.16 bits per heavy atom. The standard InChI is InChI=1S/C15H25NO2S/c1-10(2)13(5)19(17,18)9-15(16)14-8-11(3)6-7-12(14)4/h6-8,10,13,15H,9,16H2,1-5H3. The fourth-order valence-corrected chi connectivity index (χ4v) is 3.88. The predicted molar refractivity (Wildman–Crippen MR) is 80.9 cm³/mol. The van der Waals surface area contributed by atoms with Gasteiger partial charge in [-0.25, -0.2) is 8.42 Å². The van der Waals surface area contributed by atoms with Crippen LogP contribution < -0.4 is 5.73 Å². The Hall–Kier alpha value is -0.870. The maximum absolute atomic E-state index is 12.3. The molecule has 0 fully saturated rings. The highest BCUT2D eigenvalue weighted by atomic mass is 32.2. The van der Waals surface area contributed by atoms with E-state index < -0.39 is 15.9 Å². The number of nitrogens with two attached hydrogens (primary N) is 1. The van der Waals surface area contributed by atoms with Crippen LogP contribution in [0.3, 0.4) is 0 Å². The molecule has 19 heavy (non-hydrogen) atoms. The van der Waals surface area contributed by atoms with E-state index in [4.69, 9.17) is 5.73 Å². The quantitative estimate of drug-likeness (QED) is 0.904. The van der Waals surface area contributed by atoms with Gasteiger partial charge in [0.15, 0.2) is 9.84 Å². The van der Waals surface area contributed by atoms with Crippen LogP contribution >= 0.6 is 0 Å². The summed E-state index contributed by atoms with van der Waals surface area (Å²) in [6.45, 7) is 9.56. The van der Waals surface area contributed by atoms with Crippen molar-refractivity contribution in [2.24, 2.45) is 11.7 Å². The van der Waals surface area contributed by atoms with E-state index in [1.165, 1.54) is 0 Å². The van der Waals surface area contributed by atoms with Crippen molar-refractivity contribution in [1.29, 1.82) is 0 Å². The van der Waals surface area contributed by atoms with Crippen LogP contribution in [-0.4, -0.2) is 19.4 Å². The van der Waals surface area contributed by atoms with E-state index in [9.17, 15) is 8.42 Å². The van der Waals surface area contributed by atoms with E-state index in [0.717, 1.165) is 16.7 Å². The van der Waals surface area contributed by atoms with Crippen molar-refractivity contribution in [2.45, 2.75) is 45.9 Å². The highest BCUT2D eigenvalue weighted by Gasteiger charge is 2.27. The molecule has 0 bridgehead atoms. The topological polar surface area (TPSA) is 60.2 Å². The zero-order chi connectivity index (χ0) is 14.8. The predicted octanol–water partition coefficient (Wildman–Crippen LogP) is 2.76. The van der Waals surface area contributed by atoms with Gasteiger partial charge in [0.25, 0.3) is 0 Å². The van der Waals surface area contributed by atoms with Gasteiger partial charge >= 0.3 is 0 Å². The van der Waals surface area contributed by atoms with Crippen molar-refractivity contribution in [3.8, 4) is 0 Å². The van der Waals surface area contributed by atoms with Gasteiger partial charge in [-0.15, -0.1) is 0 Å². The molecule has 0 saturated heterocycles. The normalized spacial score (nSPS) is 15.5. The third-order valence-corrected chi connectivity index (χ3v) is 6.25. The number of hydrogen-bond donors (Lipinski definition) is 1. The maximum atomic E-state index is 12.3. The van der Waals surface area contributed by atoms with Crippen molar-refractivity contribution in [3.05, 3.63) is 34.9 Å². The monoisotopic (exact) mass is 283 g/mol. The third-order valence-electron chi connectivity index (χ3n) is 3.75. The summed E-state index contributed by atoms with van der Waals surface area (Å²) in [6, 6.07) is 5.53. The first-order valence-electron chi connectivity index (χ1n) is 6.69. The summed E-state index contributed by atoms with van der Waals surface area (Å²) in [4.78, 5) is 0. The molecule has 0 aliphatic carbocycles. The van der Waals surface area contributed by atoms with Crippen LogP contribution in [-0.2, 0) is 9.84 Å². The van der Waals surface area contributed by atoms with Gasteiger partial charge in [0.05, 0.1) is 11.0 Å². The SMILES string of the molecule is Cc1ccc(C)c(C(N)CS(=O)(=O)C(C)C(C)C)c1. The Labute approximate surface area is 117 Å². The lowest BCUT2D eigenvalue weighted by molar-refractivity contribution is 0.540. The Balaban J connectivity index is 2.97. The Morgan fingerprint density at radius 2 is 1.74 bits per heavy atom. The summed E-state index contributed by atoms with van der Waals surface area (Å²) in [5.74, 6) is 0.118. The second-order valence-corrected chi connectivity index (χ2v) is 8.15. The Kier molecular flexibility index (Phi) is 5.16. The number of benzene rings is 1. The molecule has 3 nitrogen and oxygen atoms in total. The van der Waals surface area contributed by atoms with Crippen LogP contribution in [0.5, 0.6) is 0 Å². The average Bonchev–Trinajstić information content (AvgIpc) is 2.30. The highest BCUT2D eigenvalue weighted by Crippen LogP contribution is 2.22. The van der Waals surface area contributed by atoms with E-state index in [1.54, 1.807) is 6.92 Å². The van der Waals surface area contributed by atoms with E-state index >= 15 is 0 Å². The molecular weight excluding hydrogens is 258 g/mol. The van der Waals surface area contributed by atoms with Gasteiger partial charge in [-0.2, -0.15) is 0 Å². The summed E-state index contributed by atoms with van der Waals surface area (Å²) in [5, 5.41) is -0.358. The largest absolute Gasteiger partial charge is 0.323 e. The fraction of sp³-hybridized carbons (Fsp3) is 0.600. The lowest BCUT2D eigenvalue weighted by Gasteiger charge is -2.21. The van der Waals surface area contributed by atoms with Gasteiger partial charge < -0.3 is 5.73 Å². The van der Waals surface area contributed by atoms with Gasteiger partial charge in [0.2, 0.25) is 0 Å². The van der Waals surface area contributed by atoms with Gasteiger partial charge in [-0.3, -0.25) is 0 Å². The minimum absolute atomic E-state index is 0.0106. The van der Waals surface area contributed by atoms with Gasteiger partial charge in [-0.1, -0.05) is 37.6 Å². The fourth-order valence-electron chi connectivity index (χ4n) is 2.07. The molecule has 0 radical (unpaired) electrons. The average molecular weight is 283 g/mol. The first-order chi connectivity index (χ1) is 8.65. The van der Waals surface area contributed by atoms with Gasteiger partial charge in [0.1, 0.15) is 0 Å². The van der Waals surface area contributed by atoms with Crippen LogP contribution in [0.15, 0.2) is 18.2 Å². The molecule has 0 spiro atoms. The molecule has 2 unspecified atom stereocenters. The number of aryl methyl sites for hydroxylation is 2. The van der Waals surface area contributed by atoms with E-state index in [1.807, 2.05) is 45.9 Å². The second-order valence-electron chi connectivity index (χ2n) is 5.75. The molecule has 0 saturated carbocycles. The lowest BCUT2D eigenvalue weighted by Crippen LogP contribution is -2.31. The molecule has 0 amide bonds. The molecule has 1 aromatic rings. The van der Waals surface area contributed by atoms with E-state index in [-0.39, 0.29) is 16.9 Å². The lowest BCUT2D eigenvalue weighted by atomic mass is 10.0. The summed E-state index contributed by atoms with van der Waals surface area (Å²) in [6.07, 6.45) is 0. The molecular formula is C15H25NO2S. The second kappa shape index (κ2) is 6.06. The molecule has 2 N–H and O–H groups in total. The molecule has 1 rings (SSSR count). The summed E-state index contributed by atoms with van der Waals surface area (Å²) < 4.78 is 24.5. The number of hydrogen-bond acceptors (Lipinski definition) is 3. The molecule has 0 heterocycles. The molecule has 0 aliphatic rings. The van der Waals surface area contributed by atoms with Crippen molar-refractivity contribution in [3.63, 3.8) is 0 Å². The third kappa shape index (κ3) is 4.05. The van der Waals surface area contributed by atoms with E-state index in [2.05, 4.69) is 0 Å². The van der Waals surface area contributed by atoms with Crippen LogP contribution in [0, 0.1) is 19.8 Å². The van der Waals surface area contributed by atoms with Gasteiger partial charge in [-0.05, 0) is 37.8 Å². The first-order valence-corrected chi connectivity index (χ1v) is 8.41. The van der Waals surface area contributed by atoms with Crippen LogP contribution in [0.4, 0.5) is 0 Å². The summed E-state index contributed by atoms with van der Waals surface area (Å²) >= 11 is 0.